The van der Waals surface area contributed by atoms with Crippen LogP contribution < -0.4 is 14.4 Å². The molecule has 0 aliphatic rings. The molecule has 45 heavy (non-hydrogen) atoms. The largest absolute Gasteiger partial charge is 0.495 e. The number of hydrogen-bond acceptors (Lipinski definition) is 5. The van der Waals surface area contributed by atoms with Crippen molar-refractivity contribution in [3.05, 3.63) is 125 Å². The van der Waals surface area contributed by atoms with E-state index >= 15 is 0 Å². The van der Waals surface area contributed by atoms with Gasteiger partial charge in [0.05, 0.1) is 17.7 Å². The van der Waals surface area contributed by atoms with E-state index < -0.39 is 28.5 Å². The van der Waals surface area contributed by atoms with E-state index in [1.807, 2.05) is 81.4 Å². The van der Waals surface area contributed by atoms with Gasteiger partial charge in [-0.1, -0.05) is 90.0 Å². The van der Waals surface area contributed by atoms with Crippen LogP contribution in [0.1, 0.15) is 30.5 Å². The van der Waals surface area contributed by atoms with Crippen LogP contribution in [0.2, 0.25) is 5.02 Å². The number of carbonyl (C=O) groups is 2. The minimum atomic E-state index is -4.30. The molecule has 4 rings (SSSR count). The van der Waals surface area contributed by atoms with E-state index in [9.17, 15) is 18.0 Å². The summed E-state index contributed by atoms with van der Waals surface area (Å²) in [6, 6.07) is 28.5. The Morgan fingerprint density at radius 2 is 1.47 bits per heavy atom. The second-order valence-corrected chi connectivity index (χ2v) is 13.3. The molecular weight excluding hydrogens is 610 g/mol. The Hall–Kier alpha value is -4.34. The predicted octanol–water partition coefficient (Wildman–Crippen LogP) is 6.02. The lowest BCUT2D eigenvalue weighted by molar-refractivity contribution is -0.140. The number of benzene rings is 4. The number of methoxy groups -OCH3 is 1. The first-order chi connectivity index (χ1) is 21.5. The second-order valence-electron chi connectivity index (χ2n) is 11.0. The Morgan fingerprint density at radius 3 is 2.04 bits per heavy atom. The maximum Gasteiger partial charge on any atom is 0.264 e. The Balaban J connectivity index is 1.84. The number of anilines is 1. The highest BCUT2D eigenvalue weighted by molar-refractivity contribution is 7.92. The van der Waals surface area contributed by atoms with Crippen molar-refractivity contribution >= 4 is 39.1 Å². The second kappa shape index (κ2) is 15.1. The zero-order chi connectivity index (χ0) is 32.6. The molecule has 0 spiro atoms. The van der Waals surface area contributed by atoms with Crippen LogP contribution in [-0.2, 0) is 32.6 Å². The van der Waals surface area contributed by atoms with Crippen LogP contribution in [0.5, 0.6) is 5.75 Å². The van der Waals surface area contributed by atoms with Crippen LogP contribution in [0.15, 0.2) is 108 Å². The molecule has 0 saturated heterocycles. The molecule has 4 aromatic carbocycles. The first-order valence-corrected chi connectivity index (χ1v) is 16.4. The van der Waals surface area contributed by atoms with Crippen molar-refractivity contribution in [3.63, 3.8) is 0 Å². The van der Waals surface area contributed by atoms with Crippen molar-refractivity contribution in [1.29, 1.82) is 0 Å². The Bertz CT molecular complexity index is 1700. The van der Waals surface area contributed by atoms with E-state index in [0.717, 1.165) is 21.0 Å². The smallest absolute Gasteiger partial charge is 0.264 e. The molecule has 0 aliphatic carbocycles. The van der Waals surface area contributed by atoms with Gasteiger partial charge in [-0.15, -0.1) is 0 Å². The molecule has 0 aliphatic heterocycles. The van der Waals surface area contributed by atoms with E-state index in [1.165, 1.54) is 30.2 Å². The van der Waals surface area contributed by atoms with Gasteiger partial charge >= 0.3 is 0 Å². The number of aryl methyl sites for hydroxylation is 1. The monoisotopic (exact) mass is 647 g/mol. The molecule has 0 fully saturated rings. The van der Waals surface area contributed by atoms with Crippen LogP contribution in [-0.4, -0.2) is 50.9 Å². The van der Waals surface area contributed by atoms with E-state index in [-0.39, 0.29) is 46.3 Å². The third-order valence-electron chi connectivity index (χ3n) is 7.20. The fourth-order valence-electron chi connectivity index (χ4n) is 4.92. The minimum Gasteiger partial charge on any atom is -0.495 e. The molecule has 1 atom stereocenters. The topological polar surface area (TPSA) is 96.0 Å². The maximum atomic E-state index is 14.5. The summed E-state index contributed by atoms with van der Waals surface area (Å²) in [4.78, 5) is 29.8. The summed E-state index contributed by atoms with van der Waals surface area (Å²) in [6.07, 6.45) is 0.225. The first kappa shape index (κ1) is 33.6. The molecule has 10 heteroatoms. The average Bonchev–Trinajstić information content (AvgIpc) is 3.02. The number of carbonyl (C=O) groups excluding carboxylic acids is 2. The number of sulfonamides is 1. The molecule has 0 heterocycles. The lowest BCUT2D eigenvalue weighted by Crippen LogP contribution is -2.54. The van der Waals surface area contributed by atoms with E-state index in [1.54, 1.807) is 24.3 Å². The van der Waals surface area contributed by atoms with Crippen LogP contribution in [0.3, 0.4) is 0 Å². The Labute approximate surface area is 270 Å². The van der Waals surface area contributed by atoms with Gasteiger partial charge in [0, 0.05) is 24.0 Å². The van der Waals surface area contributed by atoms with Crippen molar-refractivity contribution in [2.45, 2.75) is 50.7 Å². The SMILES string of the molecule is COc1ccc(Cl)cc1N(CC(=O)N(Cc1ccccc1)C(Cc1ccccc1)C(=O)NC(C)C)S(=O)(=O)c1ccc(C)cc1. The standard InChI is InChI=1S/C35H38ClN3O5S/c1-25(2)37-35(41)32(21-27-11-7-5-8-12-27)38(23-28-13-9-6-10-14-28)34(40)24-39(31-22-29(36)17-20-33(31)44-4)45(42,43)30-18-15-26(3)16-19-30/h5-20,22,25,32H,21,23-24H2,1-4H3,(H,37,41). The molecule has 236 valence electrons. The van der Waals surface area contributed by atoms with E-state index in [0.29, 0.717) is 0 Å². The van der Waals surface area contributed by atoms with Crippen molar-refractivity contribution < 1.29 is 22.7 Å². The molecule has 4 aromatic rings. The summed E-state index contributed by atoms with van der Waals surface area (Å²) >= 11 is 6.35. The zero-order valence-electron chi connectivity index (χ0n) is 25.8. The minimum absolute atomic E-state index is 0.00377. The third-order valence-corrected chi connectivity index (χ3v) is 9.20. The molecule has 8 nitrogen and oxygen atoms in total. The number of rotatable bonds is 13. The number of nitrogens with one attached hydrogen (secondary N) is 1. The molecular formula is C35H38ClN3O5S. The summed E-state index contributed by atoms with van der Waals surface area (Å²) in [6.45, 7) is 5.02. The molecule has 0 radical (unpaired) electrons. The highest BCUT2D eigenvalue weighted by Gasteiger charge is 2.35. The first-order valence-electron chi connectivity index (χ1n) is 14.6. The zero-order valence-corrected chi connectivity index (χ0v) is 27.4. The van der Waals surface area contributed by atoms with Gasteiger partial charge in [0.15, 0.2) is 0 Å². The average molecular weight is 648 g/mol. The van der Waals surface area contributed by atoms with E-state index in [2.05, 4.69) is 5.32 Å². The van der Waals surface area contributed by atoms with Gasteiger partial charge < -0.3 is 15.0 Å². The number of nitrogens with zero attached hydrogens (tertiary/aromatic N) is 2. The molecule has 0 saturated carbocycles. The molecule has 0 bridgehead atoms. The van der Waals surface area contributed by atoms with Gasteiger partial charge in [-0.3, -0.25) is 13.9 Å². The van der Waals surface area contributed by atoms with Gasteiger partial charge in [-0.25, -0.2) is 8.42 Å². The van der Waals surface area contributed by atoms with Crippen molar-refractivity contribution in [2.24, 2.45) is 0 Å². The fourth-order valence-corrected chi connectivity index (χ4v) is 6.51. The fraction of sp³-hybridized carbons (Fsp3) is 0.257. The lowest BCUT2D eigenvalue weighted by Gasteiger charge is -2.34. The van der Waals surface area contributed by atoms with Crippen LogP contribution in [0.25, 0.3) is 0 Å². The molecule has 0 aromatic heterocycles. The van der Waals surface area contributed by atoms with Gasteiger partial charge in [0.1, 0.15) is 18.3 Å². The summed E-state index contributed by atoms with van der Waals surface area (Å²) in [5, 5.41) is 3.22. The predicted molar refractivity (Wildman–Crippen MR) is 178 cm³/mol. The van der Waals surface area contributed by atoms with Gasteiger partial charge in [-0.2, -0.15) is 0 Å². The third kappa shape index (κ3) is 8.65. The summed E-state index contributed by atoms with van der Waals surface area (Å²) in [7, 11) is -2.88. The Morgan fingerprint density at radius 1 is 0.867 bits per heavy atom. The number of hydrogen-bond donors (Lipinski definition) is 1. The maximum absolute atomic E-state index is 14.5. The van der Waals surface area contributed by atoms with Crippen LogP contribution >= 0.6 is 11.6 Å². The number of halogens is 1. The van der Waals surface area contributed by atoms with Crippen LogP contribution in [0, 0.1) is 6.92 Å². The quantitative estimate of drug-likeness (QED) is 0.192. The van der Waals surface area contributed by atoms with Gasteiger partial charge in [0.25, 0.3) is 10.0 Å². The summed E-state index contributed by atoms with van der Waals surface area (Å²) in [5.41, 5.74) is 2.62. The van der Waals surface area contributed by atoms with Gasteiger partial charge in [-0.05, 0) is 62.2 Å². The summed E-state index contributed by atoms with van der Waals surface area (Å²) in [5.74, 6) is -0.696. The van der Waals surface area contributed by atoms with Gasteiger partial charge in [0.2, 0.25) is 11.8 Å². The van der Waals surface area contributed by atoms with Crippen molar-refractivity contribution in [2.75, 3.05) is 18.0 Å². The highest BCUT2D eigenvalue weighted by atomic mass is 35.5. The molecule has 1 N–H and O–H groups in total. The van der Waals surface area contributed by atoms with Crippen molar-refractivity contribution in [1.82, 2.24) is 10.2 Å². The number of amides is 2. The molecule has 2 amide bonds. The lowest BCUT2D eigenvalue weighted by atomic mass is 10.0. The van der Waals surface area contributed by atoms with Crippen molar-refractivity contribution in [3.8, 4) is 5.75 Å². The van der Waals surface area contributed by atoms with Crippen LogP contribution in [0.4, 0.5) is 5.69 Å². The van der Waals surface area contributed by atoms with E-state index in [4.69, 9.17) is 16.3 Å². The highest BCUT2D eigenvalue weighted by Crippen LogP contribution is 2.35. The summed E-state index contributed by atoms with van der Waals surface area (Å²) < 4.78 is 35.0. The Kier molecular flexibility index (Phi) is 11.3. The normalized spacial score (nSPS) is 12.0. The molecule has 1 unspecified atom stereocenters. The number of ether oxygens (including phenoxy) is 1.